The van der Waals surface area contributed by atoms with Crippen LogP contribution in [0, 0.1) is 0 Å². The van der Waals surface area contributed by atoms with Gasteiger partial charge in [0.15, 0.2) is 5.78 Å². The van der Waals surface area contributed by atoms with Crippen LogP contribution < -0.4 is 5.11 Å². The largest absolute Gasteiger partial charge is 0.872 e. The molecule has 1 aromatic rings. The van der Waals surface area contributed by atoms with Crippen LogP contribution in [0.3, 0.4) is 0 Å². The van der Waals surface area contributed by atoms with Gasteiger partial charge in [-0.1, -0.05) is 76.2 Å². The Morgan fingerprint density at radius 3 is 1.90 bits per heavy atom. The van der Waals surface area contributed by atoms with Gasteiger partial charge in [0.05, 0.1) is 33.3 Å². The molecule has 0 saturated heterocycles. The molecule has 0 aliphatic carbocycles. The summed E-state index contributed by atoms with van der Waals surface area (Å²) in [5.74, 6) is -1.93. The van der Waals surface area contributed by atoms with Crippen LogP contribution in [0.25, 0.3) is 0 Å². The minimum Gasteiger partial charge on any atom is -0.872 e. The molecule has 0 aliphatic heterocycles. The summed E-state index contributed by atoms with van der Waals surface area (Å²) in [7, 11) is 6.16. The lowest BCUT2D eigenvalue weighted by Gasteiger charge is -2.21. The average Bonchev–Trinajstić information content (AvgIpc) is 2.66. The van der Waals surface area contributed by atoms with Gasteiger partial charge in [-0.05, 0) is 12.5 Å². The number of unbranched alkanes of at least 4 members (excludes halogenated alkanes) is 8. The molecule has 0 bridgehead atoms. The van der Waals surface area contributed by atoms with E-state index in [1.54, 1.807) is 0 Å². The maximum absolute atomic E-state index is 12.0. The first kappa shape index (κ1) is 28.1. The summed E-state index contributed by atoms with van der Waals surface area (Å²) in [6.45, 7) is 3.32. The molecule has 0 radical (unpaired) electrons. The third-order valence-electron chi connectivity index (χ3n) is 4.81. The smallest absolute Gasteiger partial charge is 0.335 e. The second kappa shape index (κ2) is 15.9. The Morgan fingerprint density at radius 1 is 0.933 bits per heavy atom. The quantitative estimate of drug-likeness (QED) is 0.265. The second-order valence-electron chi connectivity index (χ2n) is 8.76. The number of Topliss-reactive ketones (excluding diaryl/α,β-unsaturated/α-hetero) is 1. The van der Waals surface area contributed by atoms with E-state index in [0.29, 0.717) is 12.0 Å². The summed E-state index contributed by atoms with van der Waals surface area (Å²) < 4.78 is 0.844. The molecule has 0 fully saturated rings. The molecule has 0 aromatic heterocycles. The number of benzene rings is 1. The van der Waals surface area contributed by atoms with Crippen molar-refractivity contribution in [3.05, 3.63) is 29.3 Å². The van der Waals surface area contributed by atoms with E-state index >= 15 is 0 Å². The highest BCUT2D eigenvalue weighted by atomic mass is 16.4. The number of carbonyl (C=O) groups excluding carboxylic acids is 1. The van der Waals surface area contributed by atoms with E-state index in [2.05, 4.69) is 28.1 Å². The van der Waals surface area contributed by atoms with Crippen molar-refractivity contribution < 1.29 is 29.4 Å². The zero-order valence-electron chi connectivity index (χ0n) is 19.3. The summed E-state index contributed by atoms with van der Waals surface area (Å²) in [4.78, 5) is 23.0. The molecule has 6 nitrogen and oxygen atoms in total. The Kier molecular flexibility index (Phi) is 14.8. The number of nitrogens with zero attached hydrogens (tertiary/aromatic N) is 1. The maximum atomic E-state index is 12.0. The monoisotopic (exact) mass is 423 g/mol. The third kappa shape index (κ3) is 14.1. The van der Waals surface area contributed by atoms with Crippen LogP contribution in [0.4, 0.5) is 0 Å². The molecule has 0 aliphatic rings. The van der Waals surface area contributed by atoms with Crippen LogP contribution in [-0.4, -0.2) is 60.7 Å². The topological polar surface area (TPSA) is 97.7 Å². The van der Waals surface area contributed by atoms with Crippen LogP contribution in [-0.2, 0) is 0 Å². The van der Waals surface area contributed by atoms with Crippen molar-refractivity contribution in [3.8, 4) is 5.75 Å². The molecule has 0 heterocycles. The molecule has 30 heavy (non-hydrogen) atoms. The van der Waals surface area contributed by atoms with Gasteiger partial charge in [-0.15, -0.1) is 0 Å². The number of hydrogen-bond acceptors (Lipinski definition) is 4. The first-order valence-electron chi connectivity index (χ1n) is 11.1. The van der Waals surface area contributed by atoms with Crippen molar-refractivity contribution in [1.29, 1.82) is 0 Å². The van der Waals surface area contributed by atoms with Gasteiger partial charge in [-0.25, -0.2) is 4.79 Å². The first-order chi connectivity index (χ1) is 14.1. The van der Waals surface area contributed by atoms with Gasteiger partial charge in [0.25, 0.3) is 0 Å². The van der Waals surface area contributed by atoms with E-state index in [0.717, 1.165) is 36.4 Å². The average molecular weight is 424 g/mol. The molecule has 172 valence electrons. The van der Waals surface area contributed by atoms with Gasteiger partial charge in [-0.3, -0.25) is 4.79 Å². The number of aliphatic hydroxyl groups is 1. The number of rotatable bonds is 14. The van der Waals surface area contributed by atoms with E-state index in [4.69, 9.17) is 10.2 Å². The van der Waals surface area contributed by atoms with E-state index in [9.17, 15) is 14.7 Å². The Morgan fingerprint density at radius 2 is 1.47 bits per heavy atom. The van der Waals surface area contributed by atoms with Gasteiger partial charge >= 0.3 is 5.97 Å². The minimum absolute atomic E-state index is 0.0876. The lowest BCUT2D eigenvalue weighted by atomic mass is 10.0. The zero-order valence-corrected chi connectivity index (χ0v) is 19.3. The first-order valence-corrected chi connectivity index (χ1v) is 11.1. The molecule has 0 atom stereocenters. The number of carboxylic acid groups (broad SMARTS) is 1. The molecule has 0 saturated carbocycles. The van der Waals surface area contributed by atoms with Crippen LogP contribution in [0.5, 0.6) is 5.75 Å². The lowest BCUT2D eigenvalue weighted by Crippen LogP contribution is -2.36. The highest BCUT2D eigenvalue weighted by molar-refractivity contribution is 5.99. The molecule has 0 amide bonds. The molecular weight excluding hydrogens is 382 g/mol. The number of quaternary nitrogens is 1. The van der Waals surface area contributed by atoms with Gasteiger partial charge in [0.2, 0.25) is 0 Å². The predicted octanol–water partition coefficient (Wildman–Crippen LogP) is 4.25. The molecule has 1 rings (SSSR count). The third-order valence-corrected chi connectivity index (χ3v) is 4.81. The van der Waals surface area contributed by atoms with Gasteiger partial charge in [0, 0.05) is 12.0 Å². The lowest BCUT2D eigenvalue weighted by molar-refractivity contribution is -0.870. The summed E-state index contributed by atoms with van der Waals surface area (Å²) >= 11 is 0. The van der Waals surface area contributed by atoms with Crippen molar-refractivity contribution in [2.24, 2.45) is 0 Å². The summed E-state index contributed by atoms with van der Waals surface area (Å²) in [6, 6.07) is 3.78. The van der Waals surface area contributed by atoms with Gasteiger partial charge in [0.1, 0.15) is 6.54 Å². The van der Waals surface area contributed by atoms with Crippen LogP contribution in [0.2, 0.25) is 0 Å². The molecule has 6 heteroatoms. The van der Waals surface area contributed by atoms with Crippen molar-refractivity contribution in [1.82, 2.24) is 0 Å². The van der Waals surface area contributed by atoms with Crippen molar-refractivity contribution >= 4 is 11.8 Å². The predicted molar refractivity (Wildman–Crippen MR) is 119 cm³/mol. The minimum atomic E-state index is -1.28. The standard InChI is InChI=1S/C19H28O4.C5H14NO/c1-2-3-4-5-6-7-8-9-10-11-17(20)15-12-13-18(21)16(14-15)19(22)23;1-6(2,3)4-5-7/h12-14,21H,2-11H2,1H3,(H,22,23);7H,4-5H2,1-3H3/q;+1/p-1. The summed E-state index contributed by atoms with van der Waals surface area (Å²) in [5.41, 5.74) is -0.00973. The number of aromatic carboxylic acids is 1. The maximum Gasteiger partial charge on any atom is 0.335 e. The molecule has 0 spiro atoms. The Hall–Kier alpha value is -1.92. The van der Waals surface area contributed by atoms with Gasteiger partial charge < -0.3 is 19.8 Å². The van der Waals surface area contributed by atoms with Gasteiger partial charge in [-0.2, -0.15) is 0 Å². The fraction of sp³-hybridized carbons (Fsp3) is 0.667. The van der Waals surface area contributed by atoms with Crippen LogP contribution >= 0.6 is 0 Å². The van der Waals surface area contributed by atoms with Crippen molar-refractivity contribution in [2.75, 3.05) is 34.3 Å². The summed E-state index contributed by atoms with van der Waals surface area (Å²) in [6.07, 6.45) is 11.1. The van der Waals surface area contributed by atoms with Crippen LogP contribution in [0.1, 0.15) is 91.8 Å². The van der Waals surface area contributed by atoms with Crippen LogP contribution in [0.15, 0.2) is 18.2 Å². The van der Waals surface area contributed by atoms with E-state index < -0.39 is 11.7 Å². The zero-order chi connectivity index (χ0) is 23.0. The normalized spacial score (nSPS) is 11.0. The number of hydrogen-bond donors (Lipinski definition) is 2. The molecule has 2 N–H and O–H groups in total. The van der Waals surface area contributed by atoms with E-state index in [1.807, 2.05) is 0 Å². The number of aliphatic hydroxyl groups excluding tert-OH is 1. The Labute approximate surface area is 182 Å². The fourth-order valence-corrected chi connectivity index (χ4v) is 2.91. The number of carbonyl (C=O) groups is 2. The van der Waals surface area contributed by atoms with Crippen molar-refractivity contribution in [3.63, 3.8) is 0 Å². The SMILES string of the molecule is CCCCCCCCCCCC(=O)c1ccc([O-])c(C(=O)O)c1.C[N+](C)(C)CCO. The molecule has 1 aromatic carbocycles. The number of ketones is 1. The number of carboxylic acids is 1. The summed E-state index contributed by atoms with van der Waals surface area (Å²) in [5, 5.41) is 28.7. The number of likely N-dealkylation sites (N-methyl/N-ethyl adjacent to an activating group) is 1. The van der Waals surface area contributed by atoms with E-state index in [-0.39, 0.29) is 18.0 Å². The van der Waals surface area contributed by atoms with E-state index in [1.165, 1.54) is 50.7 Å². The Balaban J connectivity index is 0.00000103. The second-order valence-corrected chi connectivity index (χ2v) is 8.76. The van der Waals surface area contributed by atoms with Crippen molar-refractivity contribution in [2.45, 2.75) is 71.1 Å². The fourth-order valence-electron chi connectivity index (χ4n) is 2.91. The molecular formula is C24H41NO5. The Bertz CT molecular complexity index is 623. The molecule has 0 unspecified atom stereocenters. The highest BCUT2D eigenvalue weighted by Crippen LogP contribution is 2.18. The highest BCUT2D eigenvalue weighted by Gasteiger charge is 2.10.